The second kappa shape index (κ2) is 8.21. The third-order valence-electron chi connectivity index (χ3n) is 2.51. The fraction of sp³-hybridized carbons (Fsp3) is 0.333. The molecule has 0 bridgehead atoms. The van der Waals surface area contributed by atoms with Crippen LogP contribution in [0, 0.1) is 0 Å². The van der Waals surface area contributed by atoms with Crippen LogP contribution in [-0.4, -0.2) is 23.7 Å². The van der Waals surface area contributed by atoms with E-state index in [1.54, 1.807) is 30.3 Å². The van der Waals surface area contributed by atoms with Crippen molar-refractivity contribution in [2.45, 2.75) is 32.5 Å². The lowest BCUT2D eigenvalue weighted by atomic mass is 10.2. The number of hydrogen-bond donors (Lipinski definition) is 1. The molecule has 1 unspecified atom stereocenters. The van der Waals surface area contributed by atoms with E-state index in [0.29, 0.717) is 5.56 Å². The van der Waals surface area contributed by atoms with Crippen LogP contribution in [0.5, 0.6) is 0 Å². The average Bonchev–Trinajstić information content (AvgIpc) is 2.93. The molecular formula is C15H18O4. The van der Waals surface area contributed by atoms with Gasteiger partial charge in [0.1, 0.15) is 6.29 Å². The largest absolute Gasteiger partial charge is 0.433 e. The van der Waals surface area contributed by atoms with Gasteiger partial charge in [0.25, 0.3) is 0 Å². The Labute approximate surface area is 112 Å². The molecule has 0 fully saturated rings. The Hall–Kier alpha value is -1.94. The quantitative estimate of drug-likeness (QED) is 0.516. The molecule has 0 heterocycles. The first kappa shape index (κ1) is 15.1. The monoisotopic (exact) mass is 262 g/mol. The molecule has 4 nitrogen and oxygen atoms in total. The minimum Gasteiger partial charge on any atom is -0.433 e. The molecule has 1 aromatic rings. The third-order valence-corrected chi connectivity index (χ3v) is 2.51. The third kappa shape index (κ3) is 5.97. The van der Waals surface area contributed by atoms with Crippen molar-refractivity contribution in [3.05, 3.63) is 47.5 Å². The summed E-state index contributed by atoms with van der Waals surface area (Å²) in [5.41, 5.74) is 1.43. The van der Waals surface area contributed by atoms with E-state index < -0.39 is 12.3 Å². The topological polar surface area (TPSA) is 63.6 Å². The van der Waals surface area contributed by atoms with Gasteiger partial charge in [0.15, 0.2) is 6.29 Å². The number of aliphatic hydroxyl groups is 1. The van der Waals surface area contributed by atoms with Crippen LogP contribution in [0.25, 0.3) is 0 Å². The first-order valence-corrected chi connectivity index (χ1v) is 6.22. The summed E-state index contributed by atoms with van der Waals surface area (Å²) in [5.74, 6) is -0.509. The fourth-order valence-electron chi connectivity index (χ4n) is 1.60. The summed E-state index contributed by atoms with van der Waals surface area (Å²) >= 11 is 0. The number of allylic oxidation sites excluding steroid dienone is 2. The second-order valence-corrected chi connectivity index (χ2v) is 4.16. The molecule has 0 spiro atoms. The molecule has 0 amide bonds. The molecule has 2 rings (SSSR count). The number of carbonyl (C=O) groups excluding carboxylic acids is 2. The first-order chi connectivity index (χ1) is 9.13. The van der Waals surface area contributed by atoms with Crippen molar-refractivity contribution >= 4 is 12.3 Å². The van der Waals surface area contributed by atoms with Gasteiger partial charge in [-0.1, -0.05) is 24.3 Å². The van der Waals surface area contributed by atoms with Crippen LogP contribution in [0.3, 0.4) is 0 Å². The van der Waals surface area contributed by atoms with Crippen molar-refractivity contribution in [2.75, 3.05) is 0 Å². The van der Waals surface area contributed by atoms with Crippen molar-refractivity contribution in [1.29, 1.82) is 0 Å². The number of hydrogen-bond acceptors (Lipinski definition) is 4. The maximum atomic E-state index is 11.1. The fourth-order valence-corrected chi connectivity index (χ4v) is 1.60. The van der Waals surface area contributed by atoms with Crippen LogP contribution in [0.4, 0.5) is 0 Å². The van der Waals surface area contributed by atoms with E-state index in [9.17, 15) is 9.59 Å². The van der Waals surface area contributed by atoms with Crippen molar-refractivity contribution in [3.8, 4) is 0 Å². The summed E-state index contributed by atoms with van der Waals surface area (Å²) in [5, 5.41) is 8.74. The van der Waals surface area contributed by atoms with Gasteiger partial charge in [-0.25, -0.2) is 4.79 Å². The lowest BCUT2D eigenvalue weighted by Gasteiger charge is -2.05. The Morgan fingerprint density at radius 2 is 2.05 bits per heavy atom. The lowest BCUT2D eigenvalue weighted by molar-refractivity contribution is -0.105. The molecule has 1 aromatic carbocycles. The zero-order chi connectivity index (χ0) is 14.1. The van der Waals surface area contributed by atoms with Gasteiger partial charge in [-0.2, -0.15) is 0 Å². The van der Waals surface area contributed by atoms with Crippen LogP contribution >= 0.6 is 0 Å². The van der Waals surface area contributed by atoms with Crippen molar-refractivity contribution in [2.24, 2.45) is 0 Å². The van der Waals surface area contributed by atoms with E-state index >= 15 is 0 Å². The lowest BCUT2D eigenvalue weighted by Crippen LogP contribution is -2.13. The molecule has 0 aromatic heterocycles. The van der Waals surface area contributed by atoms with Crippen LogP contribution in [0.15, 0.2) is 42.0 Å². The Bertz CT molecular complexity index is 435. The number of carbonyl (C=O) groups is 2. The Morgan fingerprint density at radius 1 is 1.37 bits per heavy atom. The van der Waals surface area contributed by atoms with E-state index in [-0.39, 0.29) is 0 Å². The number of aldehydes is 1. The van der Waals surface area contributed by atoms with Crippen molar-refractivity contribution < 1.29 is 19.4 Å². The number of aliphatic hydroxyl groups excluding tert-OH is 1. The summed E-state index contributed by atoms with van der Waals surface area (Å²) in [7, 11) is 0. The van der Waals surface area contributed by atoms with Crippen LogP contribution in [0.1, 0.15) is 36.5 Å². The molecule has 102 valence electrons. The van der Waals surface area contributed by atoms with Gasteiger partial charge in [0.05, 0.1) is 5.56 Å². The standard InChI is InChI=1S/C9H10O3.C6H8O/c1-7(10)12-9(11)8-5-3-2-4-6-8;7-5-6-3-1-2-4-6/h2-7,10H,1H3;3,5H,1-2,4H2. The molecule has 1 atom stereocenters. The predicted molar refractivity (Wildman–Crippen MR) is 71.5 cm³/mol. The van der Waals surface area contributed by atoms with E-state index in [2.05, 4.69) is 4.74 Å². The SMILES string of the molecule is CC(O)OC(=O)c1ccccc1.O=CC1=CCCC1. The number of ether oxygens (including phenoxy) is 1. The van der Waals surface area contributed by atoms with Gasteiger partial charge < -0.3 is 9.84 Å². The molecule has 0 radical (unpaired) electrons. The van der Waals surface area contributed by atoms with E-state index in [1.165, 1.54) is 13.3 Å². The Balaban J connectivity index is 0.000000218. The van der Waals surface area contributed by atoms with Gasteiger partial charge in [-0.3, -0.25) is 4.79 Å². The zero-order valence-electron chi connectivity index (χ0n) is 10.9. The van der Waals surface area contributed by atoms with Crippen LogP contribution in [0.2, 0.25) is 0 Å². The van der Waals surface area contributed by atoms with Gasteiger partial charge in [0, 0.05) is 0 Å². The highest BCUT2D eigenvalue weighted by molar-refractivity contribution is 5.89. The molecule has 19 heavy (non-hydrogen) atoms. The van der Waals surface area contributed by atoms with Gasteiger partial charge >= 0.3 is 5.97 Å². The summed E-state index contributed by atoms with van der Waals surface area (Å²) in [6, 6.07) is 8.53. The highest BCUT2D eigenvalue weighted by Crippen LogP contribution is 2.14. The van der Waals surface area contributed by atoms with Crippen molar-refractivity contribution in [3.63, 3.8) is 0 Å². The highest BCUT2D eigenvalue weighted by atomic mass is 16.6. The summed E-state index contributed by atoms with van der Waals surface area (Å²) < 4.78 is 4.55. The minimum absolute atomic E-state index is 0.443. The number of rotatable bonds is 3. The first-order valence-electron chi connectivity index (χ1n) is 6.22. The Morgan fingerprint density at radius 3 is 2.47 bits per heavy atom. The molecule has 1 aliphatic rings. The molecule has 4 heteroatoms. The number of esters is 1. The maximum Gasteiger partial charge on any atom is 0.340 e. The maximum absolute atomic E-state index is 11.1. The van der Waals surface area contributed by atoms with Crippen LogP contribution in [-0.2, 0) is 9.53 Å². The predicted octanol–water partition coefficient (Wildman–Crippen LogP) is 2.48. The Kier molecular flexibility index (Phi) is 6.53. The normalized spacial score (nSPS) is 14.7. The number of benzene rings is 1. The van der Waals surface area contributed by atoms with E-state index in [0.717, 1.165) is 24.7 Å². The molecule has 1 N–H and O–H groups in total. The summed E-state index contributed by atoms with van der Waals surface area (Å²) in [6.45, 7) is 1.39. The zero-order valence-corrected chi connectivity index (χ0v) is 10.9. The second-order valence-electron chi connectivity index (χ2n) is 4.16. The van der Waals surface area contributed by atoms with Gasteiger partial charge in [0.2, 0.25) is 0 Å². The molecule has 0 saturated carbocycles. The highest BCUT2D eigenvalue weighted by Gasteiger charge is 2.07. The average molecular weight is 262 g/mol. The molecule has 0 saturated heterocycles. The molecule has 1 aliphatic carbocycles. The molecule has 0 aliphatic heterocycles. The molecular weight excluding hydrogens is 244 g/mol. The van der Waals surface area contributed by atoms with Gasteiger partial charge in [-0.15, -0.1) is 0 Å². The van der Waals surface area contributed by atoms with Crippen molar-refractivity contribution in [1.82, 2.24) is 0 Å². The smallest absolute Gasteiger partial charge is 0.340 e. The van der Waals surface area contributed by atoms with Gasteiger partial charge in [-0.05, 0) is 43.9 Å². The van der Waals surface area contributed by atoms with Crippen LogP contribution < -0.4 is 0 Å². The summed E-state index contributed by atoms with van der Waals surface area (Å²) in [4.78, 5) is 21.0. The van der Waals surface area contributed by atoms with E-state index in [1.807, 2.05) is 6.08 Å². The summed E-state index contributed by atoms with van der Waals surface area (Å²) in [6.07, 6.45) is 5.18. The van der Waals surface area contributed by atoms with E-state index in [4.69, 9.17) is 5.11 Å². The minimum atomic E-state index is -1.06.